The van der Waals surface area contributed by atoms with Crippen molar-refractivity contribution in [3.05, 3.63) is 23.8 Å². The van der Waals surface area contributed by atoms with Gasteiger partial charge in [0.15, 0.2) is 0 Å². The lowest BCUT2D eigenvalue weighted by Gasteiger charge is -2.22. The molecule has 0 aromatic heterocycles. The molecule has 0 unspecified atom stereocenters. The molecular formula is C13H19NO3S. The first-order chi connectivity index (χ1) is 8.48. The molecular weight excluding hydrogens is 250 g/mol. The fourth-order valence-corrected chi connectivity index (χ4v) is 3.64. The van der Waals surface area contributed by atoms with Crippen LogP contribution in [0.5, 0.6) is 5.75 Å². The molecule has 1 aliphatic carbocycles. The third-order valence-electron chi connectivity index (χ3n) is 3.59. The maximum absolute atomic E-state index is 11.5. The number of benzene rings is 1. The predicted octanol–water partition coefficient (Wildman–Crippen LogP) is 2.16. The average Bonchev–Trinajstić information content (AvgIpc) is 2.28. The van der Waals surface area contributed by atoms with E-state index in [1.165, 1.54) is 25.3 Å². The van der Waals surface area contributed by atoms with E-state index in [1.807, 2.05) is 0 Å². The number of nitrogens with two attached hydrogens (primary N) is 1. The van der Waals surface area contributed by atoms with Gasteiger partial charge in [-0.3, -0.25) is 0 Å². The molecule has 1 aromatic carbocycles. The van der Waals surface area contributed by atoms with Crippen LogP contribution in [0.4, 0.5) is 0 Å². The van der Waals surface area contributed by atoms with Crippen LogP contribution < -0.4 is 5.14 Å². The van der Waals surface area contributed by atoms with E-state index < -0.39 is 10.0 Å². The van der Waals surface area contributed by atoms with Crippen molar-refractivity contribution in [1.82, 2.24) is 0 Å². The van der Waals surface area contributed by atoms with Crippen molar-refractivity contribution in [2.24, 2.45) is 11.1 Å². The standard InChI is InChI=1S/C13H19NO3S/c14-18(16,17)13-11(7-4-8-12(13)15)9-10-5-2-1-3-6-10/h4,7-8,10,15H,1-3,5-6,9H2,(H2,14,16,17). The maximum Gasteiger partial charge on any atom is 0.242 e. The molecule has 18 heavy (non-hydrogen) atoms. The number of phenols is 1. The minimum atomic E-state index is -3.86. The van der Waals surface area contributed by atoms with E-state index in [4.69, 9.17) is 5.14 Å². The Hall–Kier alpha value is -1.07. The second kappa shape index (κ2) is 5.28. The second-order valence-corrected chi connectivity index (χ2v) is 6.52. The van der Waals surface area contributed by atoms with Crippen molar-refractivity contribution < 1.29 is 13.5 Å². The first kappa shape index (κ1) is 13.4. The Bertz CT molecular complexity index is 519. The molecule has 0 spiro atoms. The van der Waals surface area contributed by atoms with Gasteiger partial charge in [0.1, 0.15) is 10.6 Å². The maximum atomic E-state index is 11.5. The predicted molar refractivity (Wildman–Crippen MR) is 69.8 cm³/mol. The Morgan fingerprint density at radius 3 is 2.50 bits per heavy atom. The van der Waals surface area contributed by atoms with E-state index in [2.05, 4.69) is 0 Å². The lowest BCUT2D eigenvalue weighted by Crippen LogP contribution is -2.17. The van der Waals surface area contributed by atoms with E-state index in [9.17, 15) is 13.5 Å². The molecule has 0 radical (unpaired) electrons. The first-order valence-corrected chi connectivity index (χ1v) is 7.87. The molecule has 0 heterocycles. The topological polar surface area (TPSA) is 80.4 Å². The molecule has 0 bridgehead atoms. The van der Waals surface area contributed by atoms with Crippen LogP contribution in [0.3, 0.4) is 0 Å². The Morgan fingerprint density at radius 2 is 1.89 bits per heavy atom. The van der Waals surface area contributed by atoms with Gasteiger partial charge in [0.05, 0.1) is 0 Å². The van der Waals surface area contributed by atoms with Crippen LogP contribution in [0.1, 0.15) is 37.7 Å². The minimum Gasteiger partial charge on any atom is -0.507 e. The fourth-order valence-electron chi connectivity index (χ4n) is 2.76. The van der Waals surface area contributed by atoms with Crippen molar-refractivity contribution in [2.45, 2.75) is 43.4 Å². The average molecular weight is 269 g/mol. The van der Waals surface area contributed by atoms with Crippen molar-refractivity contribution in [2.75, 3.05) is 0 Å². The summed E-state index contributed by atoms with van der Waals surface area (Å²) < 4.78 is 23.1. The van der Waals surface area contributed by atoms with Crippen LogP contribution in [0, 0.1) is 5.92 Å². The summed E-state index contributed by atoms with van der Waals surface area (Å²) in [5.41, 5.74) is 0.643. The molecule has 4 nitrogen and oxygen atoms in total. The highest BCUT2D eigenvalue weighted by Gasteiger charge is 2.22. The van der Waals surface area contributed by atoms with Crippen LogP contribution in [0.25, 0.3) is 0 Å². The molecule has 1 aromatic rings. The highest BCUT2D eigenvalue weighted by atomic mass is 32.2. The monoisotopic (exact) mass is 269 g/mol. The Labute approximate surface area is 108 Å². The summed E-state index contributed by atoms with van der Waals surface area (Å²) in [6, 6.07) is 4.78. The SMILES string of the molecule is NS(=O)(=O)c1c(O)cccc1CC1CCCCC1. The third kappa shape index (κ3) is 3.03. The molecule has 0 aliphatic heterocycles. The minimum absolute atomic E-state index is 0.101. The number of primary sulfonamides is 1. The van der Waals surface area contributed by atoms with Crippen LogP contribution in [-0.2, 0) is 16.4 Å². The number of hydrogen-bond donors (Lipinski definition) is 2. The zero-order valence-electron chi connectivity index (χ0n) is 10.3. The Morgan fingerprint density at radius 1 is 1.22 bits per heavy atom. The summed E-state index contributed by atoms with van der Waals surface area (Å²) in [5.74, 6) is 0.256. The van der Waals surface area contributed by atoms with Gasteiger partial charge in [-0.05, 0) is 24.0 Å². The van der Waals surface area contributed by atoms with Gasteiger partial charge in [0.25, 0.3) is 0 Å². The third-order valence-corrected chi connectivity index (χ3v) is 4.63. The van der Waals surface area contributed by atoms with E-state index in [0.717, 1.165) is 12.8 Å². The summed E-state index contributed by atoms with van der Waals surface area (Å²) in [5, 5.41) is 14.9. The summed E-state index contributed by atoms with van der Waals surface area (Å²) >= 11 is 0. The quantitative estimate of drug-likeness (QED) is 0.882. The van der Waals surface area contributed by atoms with Crippen LogP contribution in [0.2, 0.25) is 0 Å². The van der Waals surface area contributed by atoms with Crippen molar-refractivity contribution in [3.8, 4) is 5.75 Å². The van der Waals surface area contributed by atoms with Crippen LogP contribution in [-0.4, -0.2) is 13.5 Å². The normalized spacial score (nSPS) is 17.8. The van der Waals surface area contributed by atoms with Gasteiger partial charge in [-0.1, -0.05) is 44.2 Å². The molecule has 1 aliphatic rings. The smallest absolute Gasteiger partial charge is 0.242 e. The summed E-state index contributed by atoms with van der Waals surface area (Å²) in [6.07, 6.45) is 6.60. The van der Waals surface area contributed by atoms with Gasteiger partial charge >= 0.3 is 0 Å². The molecule has 2 rings (SSSR count). The van der Waals surface area contributed by atoms with Gasteiger partial charge in [0.2, 0.25) is 10.0 Å². The van der Waals surface area contributed by atoms with Gasteiger partial charge in [-0.25, -0.2) is 13.6 Å². The highest BCUT2D eigenvalue weighted by Crippen LogP contribution is 2.31. The Kier molecular flexibility index (Phi) is 3.92. The zero-order chi connectivity index (χ0) is 13.2. The molecule has 100 valence electrons. The van der Waals surface area contributed by atoms with E-state index in [1.54, 1.807) is 12.1 Å². The number of hydrogen-bond acceptors (Lipinski definition) is 3. The lowest BCUT2D eigenvalue weighted by molar-refractivity contribution is 0.354. The van der Waals surface area contributed by atoms with Crippen LogP contribution >= 0.6 is 0 Å². The second-order valence-electron chi connectivity index (χ2n) is 5.02. The lowest BCUT2D eigenvalue weighted by atomic mass is 9.85. The number of aromatic hydroxyl groups is 1. The van der Waals surface area contributed by atoms with Gasteiger partial charge in [0, 0.05) is 0 Å². The number of rotatable bonds is 3. The molecule has 0 amide bonds. The highest BCUT2D eigenvalue weighted by molar-refractivity contribution is 7.89. The molecule has 1 saturated carbocycles. The molecule has 0 atom stereocenters. The number of sulfonamides is 1. The van der Waals surface area contributed by atoms with Crippen molar-refractivity contribution in [1.29, 1.82) is 0 Å². The molecule has 0 saturated heterocycles. The Balaban J connectivity index is 2.30. The molecule has 5 heteroatoms. The summed E-state index contributed by atoms with van der Waals surface area (Å²) in [7, 11) is -3.86. The first-order valence-electron chi connectivity index (χ1n) is 6.32. The largest absolute Gasteiger partial charge is 0.507 e. The summed E-state index contributed by atoms with van der Waals surface area (Å²) in [6.45, 7) is 0. The van der Waals surface area contributed by atoms with E-state index in [0.29, 0.717) is 17.9 Å². The molecule has 3 N–H and O–H groups in total. The van der Waals surface area contributed by atoms with Crippen LogP contribution in [0.15, 0.2) is 23.1 Å². The zero-order valence-corrected chi connectivity index (χ0v) is 11.1. The van der Waals surface area contributed by atoms with E-state index in [-0.39, 0.29) is 10.6 Å². The summed E-state index contributed by atoms with van der Waals surface area (Å²) in [4.78, 5) is -0.101. The van der Waals surface area contributed by atoms with Gasteiger partial charge in [-0.15, -0.1) is 0 Å². The van der Waals surface area contributed by atoms with Crippen molar-refractivity contribution >= 4 is 10.0 Å². The fraction of sp³-hybridized carbons (Fsp3) is 0.538. The van der Waals surface area contributed by atoms with E-state index >= 15 is 0 Å². The molecule has 1 fully saturated rings. The van der Waals surface area contributed by atoms with Gasteiger partial charge < -0.3 is 5.11 Å². The number of phenolic OH excluding ortho intramolecular Hbond substituents is 1. The van der Waals surface area contributed by atoms with Crippen molar-refractivity contribution in [3.63, 3.8) is 0 Å². The van der Waals surface area contributed by atoms with Gasteiger partial charge in [-0.2, -0.15) is 0 Å².